The Morgan fingerprint density at radius 3 is 2.44 bits per heavy atom. The van der Waals surface area contributed by atoms with Gasteiger partial charge in [-0.1, -0.05) is 11.8 Å². The van der Waals surface area contributed by atoms with Crippen LogP contribution in [0.4, 0.5) is 32.9 Å². The molecular weight excluding hydrogens is 446 g/mol. The minimum absolute atomic E-state index is 0.0357. The zero-order chi connectivity index (χ0) is 23.5. The van der Waals surface area contributed by atoms with Gasteiger partial charge in [-0.3, -0.25) is 15.5 Å². The molecule has 0 bridgehead atoms. The van der Waals surface area contributed by atoms with Crippen LogP contribution in [0, 0.1) is 0 Å². The van der Waals surface area contributed by atoms with Crippen molar-refractivity contribution in [2.24, 2.45) is 0 Å². The summed E-state index contributed by atoms with van der Waals surface area (Å²) in [6.07, 6.45) is -1.52. The molecule has 0 saturated heterocycles. The standard InChI is InChI=1S/C17H21N7O7S/c1-4-31-12(26)8-32-15-21-13(20-14(22-15)23-24-17(28)30-3)18-9-5-6-10(11(25)7-9)19-16(27)29-2/h5-7,25H,4,8H2,1-3H3,(H,19,27)(H,24,28)(H2,18,20,21,22,23). The Morgan fingerprint density at radius 1 is 1.06 bits per heavy atom. The number of benzene rings is 1. The number of rotatable bonds is 9. The second-order valence-electron chi connectivity index (χ2n) is 5.57. The van der Waals surface area contributed by atoms with Crippen LogP contribution in [0.1, 0.15) is 6.92 Å². The average molecular weight is 467 g/mol. The van der Waals surface area contributed by atoms with E-state index in [1.54, 1.807) is 13.0 Å². The van der Waals surface area contributed by atoms with Gasteiger partial charge in [0.15, 0.2) is 5.16 Å². The predicted octanol–water partition coefficient (Wildman–Crippen LogP) is 1.84. The highest BCUT2D eigenvalue weighted by molar-refractivity contribution is 7.99. The van der Waals surface area contributed by atoms with Crippen LogP contribution in [-0.4, -0.2) is 64.8 Å². The zero-order valence-corrected chi connectivity index (χ0v) is 18.1. The van der Waals surface area contributed by atoms with Gasteiger partial charge >= 0.3 is 18.2 Å². The van der Waals surface area contributed by atoms with E-state index in [0.29, 0.717) is 5.69 Å². The molecule has 2 aromatic rings. The quantitative estimate of drug-likeness (QED) is 0.118. The topological polar surface area (TPSA) is 186 Å². The summed E-state index contributed by atoms with van der Waals surface area (Å²) in [5, 5.41) is 15.5. The van der Waals surface area contributed by atoms with Gasteiger partial charge < -0.3 is 24.6 Å². The number of phenols is 1. The fourth-order valence-electron chi connectivity index (χ4n) is 2.02. The Kier molecular flexibility index (Phi) is 9.09. The zero-order valence-electron chi connectivity index (χ0n) is 17.3. The SMILES string of the molecule is CCOC(=O)CSc1nc(NNC(=O)OC)nc(Nc2ccc(NC(=O)OC)c(O)c2)n1. The first kappa shape index (κ1) is 24.3. The number of anilines is 4. The maximum Gasteiger partial charge on any atom is 0.425 e. The van der Waals surface area contributed by atoms with E-state index in [4.69, 9.17) is 4.74 Å². The van der Waals surface area contributed by atoms with Crippen molar-refractivity contribution >= 4 is 53.2 Å². The van der Waals surface area contributed by atoms with Gasteiger partial charge in [0.2, 0.25) is 11.9 Å². The Balaban J connectivity index is 2.21. The number of aromatic nitrogens is 3. The highest BCUT2D eigenvalue weighted by Gasteiger charge is 2.13. The molecule has 0 radical (unpaired) electrons. The molecule has 14 nitrogen and oxygen atoms in total. The third-order valence-corrected chi connectivity index (χ3v) is 4.20. The summed E-state index contributed by atoms with van der Waals surface area (Å²) in [4.78, 5) is 46.6. The molecule has 2 rings (SSSR count). The van der Waals surface area contributed by atoms with Crippen LogP contribution in [0.3, 0.4) is 0 Å². The van der Waals surface area contributed by atoms with Gasteiger partial charge in [-0.2, -0.15) is 15.0 Å². The number of thioether (sulfide) groups is 1. The van der Waals surface area contributed by atoms with Crippen molar-refractivity contribution in [3.8, 4) is 5.75 Å². The molecule has 0 fully saturated rings. The molecule has 5 N–H and O–H groups in total. The van der Waals surface area contributed by atoms with Gasteiger partial charge in [-0.05, 0) is 19.1 Å². The van der Waals surface area contributed by atoms with Crippen LogP contribution < -0.4 is 21.5 Å². The van der Waals surface area contributed by atoms with E-state index in [-0.39, 0.29) is 40.8 Å². The summed E-state index contributed by atoms with van der Waals surface area (Å²) in [5.41, 5.74) is 5.17. The number of hydrazine groups is 1. The number of phenolic OH excluding ortho intramolecular Hbond substituents is 1. The van der Waals surface area contributed by atoms with Gasteiger partial charge in [0.05, 0.1) is 32.3 Å². The van der Waals surface area contributed by atoms with E-state index < -0.39 is 18.2 Å². The lowest BCUT2D eigenvalue weighted by atomic mass is 10.2. The van der Waals surface area contributed by atoms with Crippen molar-refractivity contribution in [3.05, 3.63) is 18.2 Å². The second kappa shape index (κ2) is 12.0. The molecule has 172 valence electrons. The first-order chi connectivity index (χ1) is 15.3. The molecule has 15 heteroatoms. The largest absolute Gasteiger partial charge is 0.506 e. The number of nitrogens with zero attached hydrogens (tertiary/aromatic N) is 3. The number of aromatic hydroxyl groups is 1. The van der Waals surface area contributed by atoms with Crippen molar-refractivity contribution in [2.75, 3.05) is 42.6 Å². The van der Waals surface area contributed by atoms with Crippen molar-refractivity contribution in [1.29, 1.82) is 0 Å². The van der Waals surface area contributed by atoms with Crippen molar-refractivity contribution in [2.45, 2.75) is 12.1 Å². The molecule has 1 aromatic carbocycles. The summed E-state index contributed by atoms with van der Waals surface area (Å²) < 4.78 is 13.8. The molecule has 0 atom stereocenters. The van der Waals surface area contributed by atoms with Crippen LogP contribution in [0.2, 0.25) is 0 Å². The van der Waals surface area contributed by atoms with E-state index >= 15 is 0 Å². The van der Waals surface area contributed by atoms with E-state index in [9.17, 15) is 19.5 Å². The fraction of sp³-hybridized carbons (Fsp3) is 0.294. The molecule has 2 amide bonds. The van der Waals surface area contributed by atoms with Gasteiger partial charge in [-0.25, -0.2) is 15.0 Å². The van der Waals surface area contributed by atoms with Crippen LogP contribution >= 0.6 is 11.8 Å². The number of nitrogens with one attached hydrogen (secondary N) is 4. The first-order valence-electron chi connectivity index (χ1n) is 8.94. The maximum atomic E-state index is 11.6. The van der Waals surface area contributed by atoms with Crippen molar-refractivity contribution in [1.82, 2.24) is 20.4 Å². The molecule has 0 aliphatic rings. The number of methoxy groups -OCH3 is 2. The fourth-order valence-corrected chi connectivity index (χ4v) is 2.65. The molecule has 0 aliphatic carbocycles. The Bertz CT molecular complexity index is 976. The minimum atomic E-state index is -0.778. The van der Waals surface area contributed by atoms with Crippen LogP contribution in [-0.2, 0) is 19.0 Å². The van der Waals surface area contributed by atoms with Crippen molar-refractivity contribution in [3.63, 3.8) is 0 Å². The Hall–Kier alpha value is -4.01. The number of hydrogen-bond acceptors (Lipinski definition) is 13. The molecule has 32 heavy (non-hydrogen) atoms. The Morgan fingerprint density at radius 2 is 1.78 bits per heavy atom. The average Bonchev–Trinajstić information content (AvgIpc) is 2.78. The number of amides is 2. The third-order valence-electron chi connectivity index (χ3n) is 3.38. The number of carbonyl (C=O) groups excluding carboxylic acids is 3. The monoisotopic (exact) mass is 467 g/mol. The van der Waals surface area contributed by atoms with Gasteiger partial charge in [0.1, 0.15) is 5.75 Å². The maximum absolute atomic E-state index is 11.6. The molecule has 0 saturated carbocycles. The first-order valence-corrected chi connectivity index (χ1v) is 9.92. The van der Waals surface area contributed by atoms with Gasteiger partial charge in [-0.15, -0.1) is 0 Å². The lowest BCUT2D eigenvalue weighted by molar-refractivity contribution is -0.139. The second-order valence-corrected chi connectivity index (χ2v) is 6.52. The van der Waals surface area contributed by atoms with Gasteiger partial charge in [0.25, 0.3) is 0 Å². The minimum Gasteiger partial charge on any atom is -0.506 e. The lowest BCUT2D eigenvalue weighted by Gasteiger charge is -2.12. The van der Waals surface area contributed by atoms with Crippen LogP contribution in [0.25, 0.3) is 0 Å². The van der Waals surface area contributed by atoms with Crippen molar-refractivity contribution < 1.29 is 33.7 Å². The van der Waals surface area contributed by atoms with Crippen LogP contribution in [0.15, 0.2) is 23.4 Å². The summed E-state index contributed by atoms with van der Waals surface area (Å²) in [7, 11) is 2.38. The van der Waals surface area contributed by atoms with E-state index in [2.05, 4.69) is 45.9 Å². The molecule has 0 unspecified atom stereocenters. The van der Waals surface area contributed by atoms with Gasteiger partial charge in [0, 0.05) is 11.8 Å². The summed E-state index contributed by atoms with van der Waals surface area (Å²) in [6, 6.07) is 4.30. The molecule has 1 heterocycles. The van der Waals surface area contributed by atoms with Crippen LogP contribution in [0.5, 0.6) is 5.75 Å². The molecular formula is C17H21N7O7S. The molecule has 0 aliphatic heterocycles. The predicted molar refractivity (Wildman–Crippen MR) is 114 cm³/mol. The lowest BCUT2D eigenvalue weighted by Crippen LogP contribution is -2.30. The van der Waals surface area contributed by atoms with E-state index in [1.807, 2.05) is 0 Å². The number of hydrogen-bond donors (Lipinski definition) is 5. The number of ether oxygens (including phenoxy) is 3. The summed E-state index contributed by atoms with van der Waals surface area (Å²) in [5.74, 6) is -0.748. The number of esters is 1. The van der Waals surface area contributed by atoms with E-state index in [1.165, 1.54) is 26.4 Å². The molecule has 1 aromatic heterocycles. The highest BCUT2D eigenvalue weighted by Crippen LogP contribution is 2.28. The molecule has 0 spiro atoms. The Labute approximate surface area is 186 Å². The van der Waals surface area contributed by atoms with E-state index in [0.717, 1.165) is 11.8 Å². The smallest absolute Gasteiger partial charge is 0.425 e. The summed E-state index contributed by atoms with van der Waals surface area (Å²) >= 11 is 0.991. The number of carbonyl (C=O) groups is 3. The normalized spacial score (nSPS) is 9.97. The summed E-state index contributed by atoms with van der Waals surface area (Å²) in [6.45, 7) is 1.93. The third kappa shape index (κ3) is 7.67. The highest BCUT2D eigenvalue weighted by atomic mass is 32.2.